The molecule has 1 atom stereocenters. The van der Waals surface area contributed by atoms with Crippen LogP contribution in [0.3, 0.4) is 0 Å². The molecule has 0 fully saturated rings. The normalized spacial score (nSPS) is 12.8. The van der Waals surface area contributed by atoms with Crippen LogP contribution in [0, 0.1) is 0 Å². The summed E-state index contributed by atoms with van der Waals surface area (Å²) in [5, 5.41) is 3.42. The first-order chi connectivity index (χ1) is 8.19. The molecule has 0 spiro atoms. The van der Waals surface area contributed by atoms with Crippen LogP contribution in [0.2, 0.25) is 0 Å². The van der Waals surface area contributed by atoms with E-state index in [1.165, 1.54) is 0 Å². The van der Waals surface area contributed by atoms with Gasteiger partial charge in [0.1, 0.15) is 5.75 Å². The highest BCUT2D eigenvalue weighted by molar-refractivity contribution is 5.35. The van der Waals surface area contributed by atoms with Crippen molar-refractivity contribution in [2.45, 2.75) is 32.9 Å². The second kappa shape index (κ2) is 7.30. The minimum absolute atomic E-state index is 0.179. The zero-order valence-electron chi connectivity index (χ0n) is 11.2. The van der Waals surface area contributed by atoms with Crippen molar-refractivity contribution in [3.05, 3.63) is 29.8 Å². The maximum Gasteiger partial charge on any atom is 0.123 e. The van der Waals surface area contributed by atoms with Gasteiger partial charge in [0.25, 0.3) is 0 Å². The highest BCUT2D eigenvalue weighted by atomic mass is 16.5. The van der Waals surface area contributed by atoms with Gasteiger partial charge in [0.2, 0.25) is 0 Å². The van der Waals surface area contributed by atoms with Gasteiger partial charge in [-0.2, -0.15) is 0 Å². The number of likely N-dealkylation sites (N-methyl/N-ethyl adjacent to an activating group) is 1. The molecule has 1 aromatic carbocycles. The van der Waals surface area contributed by atoms with Gasteiger partial charge in [-0.1, -0.05) is 25.1 Å². The first kappa shape index (κ1) is 14.0. The Morgan fingerprint density at radius 3 is 2.53 bits per heavy atom. The molecule has 1 N–H and O–H groups in total. The first-order valence-corrected chi connectivity index (χ1v) is 6.17. The fourth-order valence-corrected chi connectivity index (χ4v) is 1.75. The molecular formula is C14H23NO2. The topological polar surface area (TPSA) is 30.5 Å². The van der Waals surface area contributed by atoms with Crippen LogP contribution in [-0.4, -0.2) is 26.4 Å². The Balaban J connectivity index is 2.80. The lowest BCUT2D eigenvalue weighted by Crippen LogP contribution is -2.27. The largest absolute Gasteiger partial charge is 0.496 e. The predicted octanol–water partition coefficient (Wildman–Crippen LogP) is 2.77. The van der Waals surface area contributed by atoms with E-state index >= 15 is 0 Å². The minimum atomic E-state index is 0.179. The summed E-state index contributed by atoms with van der Waals surface area (Å²) < 4.78 is 11.1. The highest BCUT2D eigenvalue weighted by Gasteiger charge is 2.15. The maximum atomic E-state index is 5.69. The monoisotopic (exact) mass is 237 g/mol. The molecule has 0 heterocycles. The summed E-state index contributed by atoms with van der Waals surface area (Å²) >= 11 is 0. The number of para-hydroxylation sites is 1. The summed E-state index contributed by atoms with van der Waals surface area (Å²) in [7, 11) is 1.70. The highest BCUT2D eigenvalue weighted by Crippen LogP contribution is 2.25. The SMILES string of the molecule is CCNC(COC(C)C)c1ccccc1OC. The molecule has 0 aliphatic carbocycles. The average molecular weight is 237 g/mol. The molecular weight excluding hydrogens is 214 g/mol. The first-order valence-electron chi connectivity index (χ1n) is 6.17. The third kappa shape index (κ3) is 4.36. The van der Waals surface area contributed by atoms with Gasteiger partial charge in [0.05, 0.1) is 25.9 Å². The van der Waals surface area contributed by atoms with Crippen LogP contribution in [0.5, 0.6) is 5.75 Å². The number of methoxy groups -OCH3 is 1. The summed E-state index contributed by atoms with van der Waals surface area (Å²) in [4.78, 5) is 0. The van der Waals surface area contributed by atoms with E-state index in [4.69, 9.17) is 9.47 Å². The Hall–Kier alpha value is -1.06. The Morgan fingerprint density at radius 2 is 1.94 bits per heavy atom. The number of benzene rings is 1. The van der Waals surface area contributed by atoms with Crippen LogP contribution < -0.4 is 10.1 Å². The molecule has 96 valence electrons. The molecule has 1 rings (SSSR count). The van der Waals surface area contributed by atoms with Gasteiger partial charge in [0, 0.05) is 5.56 Å². The van der Waals surface area contributed by atoms with E-state index in [2.05, 4.69) is 18.3 Å². The van der Waals surface area contributed by atoms with E-state index in [1.54, 1.807) is 7.11 Å². The van der Waals surface area contributed by atoms with Crippen LogP contribution in [0.1, 0.15) is 32.4 Å². The number of ether oxygens (including phenoxy) is 2. The maximum absolute atomic E-state index is 5.69. The van der Waals surface area contributed by atoms with E-state index in [0.717, 1.165) is 17.9 Å². The van der Waals surface area contributed by atoms with E-state index in [1.807, 2.05) is 32.0 Å². The number of rotatable bonds is 7. The van der Waals surface area contributed by atoms with Crippen LogP contribution in [0.25, 0.3) is 0 Å². The second-order valence-electron chi connectivity index (χ2n) is 4.23. The molecule has 1 unspecified atom stereocenters. The van der Waals surface area contributed by atoms with Gasteiger partial charge < -0.3 is 14.8 Å². The van der Waals surface area contributed by atoms with E-state index in [0.29, 0.717) is 6.61 Å². The fraction of sp³-hybridized carbons (Fsp3) is 0.571. The fourth-order valence-electron chi connectivity index (χ4n) is 1.75. The Labute approximate surface area is 104 Å². The van der Waals surface area contributed by atoms with Crippen LogP contribution >= 0.6 is 0 Å². The molecule has 0 saturated heterocycles. The van der Waals surface area contributed by atoms with E-state index in [-0.39, 0.29) is 12.1 Å². The third-order valence-electron chi connectivity index (χ3n) is 2.56. The van der Waals surface area contributed by atoms with Gasteiger partial charge in [-0.05, 0) is 26.5 Å². The molecule has 0 bridgehead atoms. The minimum Gasteiger partial charge on any atom is -0.496 e. The molecule has 3 nitrogen and oxygen atoms in total. The van der Waals surface area contributed by atoms with Gasteiger partial charge in [-0.25, -0.2) is 0 Å². The number of hydrogen-bond donors (Lipinski definition) is 1. The zero-order valence-corrected chi connectivity index (χ0v) is 11.2. The zero-order chi connectivity index (χ0) is 12.7. The molecule has 1 aromatic rings. The second-order valence-corrected chi connectivity index (χ2v) is 4.23. The summed E-state index contributed by atoms with van der Waals surface area (Å²) in [6.45, 7) is 7.75. The van der Waals surface area contributed by atoms with Gasteiger partial charge in [-0.15, -0.1) is 0 Å². The Bertz CT molecular complexity index is 326. The third-order valence-corrected chi connectivity index (χ3v) is 2.56. The summed E-state index contributed by atoms with van der Waals surface area (Å²) in [5.74, 6) is 0.908. The van der Waals surface area contributed by atoms with E-state index < -0.39 is 0 Å². The Morgan fingerprint density at radius 1 is 1.24 bits per heavy atom. The Kier molecular flexibility index (Phi) is 6.01. The summed E-state index contributed by atoms with van der Waals surface area (Å²) in [6, 6.07) is 8.25. The molecule has 3 heteroatoms. The predicted molar refractivity (Wildman–Crippen MR) is 70.5 cm³/mol. The summed E-state index contributed by atoms with van der Waals surface area (Å²) in [5.41, 5.74) is 1.15. The van der Waals surface area contributed by atoms with Crippen molar-refractivity contribution in [2.75, 3.05) is 20.3 Å². The molecule has 0 saturated carbocycles. The van der Waals surface area contributed by atoms with Gasteiger partial charge >= 0.3 is 0 Å². The number of nitrogens with one attached hydrogen (secondary N) is 1. The van der Waals surface area contributed by atoms with Crippen LogP contribution in [0.4, 0.5) is 0 Å². The molecule has 17 heavy (non-hydrogen) atoms. The van der Waals surface area contributed by atoms with Crippen molar-refractivity contribution < 1.29 is 9.47 Å². The van der Waals surface area contributed by atoms with Gasteiger partial charge in [-0.3, -0.25) is 0 Å². The molecule has 0 aromatic heterocycles. The standard InChI is InChI=1S/C14H23NO2/c1-5-15-13(10-17-11(2)3)12-8-6-7-9-14(12)16-4/h6-9,11,13,15H,5,10H2,1-4H3. The van der Waals surface area contributed by atoms with Crippen molar-refractivity contribution in [3.8, 4) is 5.75 Å². The quantitative estimate of drug-likeness (QED) is 0.791. The smallest absolute Gasteiger partial charge is 0.123 e. The van der Waals surface area contributed by atoms with Gasteiger partial charge in [0.15, 0.2) is 0 Å². The lowest BCUT2D eigenvalue weighted by molar-refractivity contribution is 0.0609. The van der Waals surface area contributed by atoms with E-state index in [9.17, 15) is 0 Å². The molecule has 0 radical (unpaired) electrons. The molecule has 0 amide bonds. The van der Waals surface area contributed by atoms with Crippen molar-refractivity contribution in [2.24, 2.45) is 0 Å². The average Bonchev–Trinajstić information content (AvgIpc) is 2.34. The van der Waals surface area contributed by atoms with Crippen LogP contribution in [-0.2, 0) is 4.74 Å². The lowest BCUT2D eigenvalue weighted by Gasteiger charge is -2.21. The van der Waals surface area contributed by atoms with Crippen molar-refractivity contribution in [3.63, 3.8) is 0 Å². The van der Waals surface area contributed by atoms with Crippen LogP contribution in [0.15, 0.2) is 24.3 Å². The summed E-state index contributed by atoms with van der Waals surface area (Å²) in [6.07, 6.45) is 0.242. The number of hydrogen-bond acceptors (Lipinski definition) is 3. The molecule has 0 aliphatic rings. The lowest BCUT2D eigenvalue weighted by atomic mass is 10.1. The van der Waals surface area contributed by atoms with Crippen molar-refractivity contribution in [1.82, 2.24) is 5.32 Å². The van der Waals surface area contributed by atoms with Crippen molar-refractivity contribution in [1.29, 1.82) is 0 Å². The van der Waals surface area contributed by atoms with Crippen molar-refractivity contribution >= 4 is 0 Å². The molecule has 0 aliphatic heterocycles.